The van der Waals surface area contributed by atoms with E-state index in [0.29, 0.717) is 30.1 Å². The minimum Gasteiger partial charge on any atom is -0.444 e. The third kappa shape index (κ3) is 5.51. The predicted octanol–water partition coefficient (Wildman–Crippen LogP) is 4.86. The Kier molecular flexibility index (Phi) is 6.48. The first-order valence-corrected chi connectivity index (χ1v) is 10.2. The molecule has 0 radical (unpaired) electrons. The fraction of sp³-hybridized carbons (Fsp3) is 0.391. The van der Waals surface area contributed by atoms with E-state index >= 15 is 0 Å². The quantitative estimate of drug-likeness (QED) is 0.779. The van der Waals surface area contributed by atoms with E-state index in [0.717, 1.165) is 5.56 Å². The summed E-state index contributed by atoms with van der Waals surface area (Å²) < 4.78 is 5.54. The van der Waals surface area contributed by atoms with Gasteiger partial charge in [-0.15, -0.1) is 0 Å². The van der Waals surface area contributed by atoms with Crippen molar-refractivity contribution in [3.8, 4) is 0 Å². The van der Waals surface area contributed by atoms with Crippen LogP contribution in [0.3, 0.4) is 0 Å². The van der Waals surface area contributed by atoms with Crippen LogP contribution in [-0.4, -0.2) is 41.6 Å². The first-order valence-electron chi connectivity index (χ1n) is 9.83. The van der Waals surface area contributed by atoms with Crippen molar-refractivity contribution in [1.82, 2.24) is 10.2 Å². The molecular formula is C23H27ClN2O3. The number of carbonyl (C=O) groups excluding carboxylic acids is 2. The Balaban J connectivity index is 1.79. The van der Waals surface area contributed by atoms with Crippen molar-refractivity contribution in [2.45, 2.75) is 44.8 Å². The molecule has 1 N–H and O–H groups in total. The second kappa shape index (κ2) is 8.87. The Morgan fingerprint density at radius 3 is 2.38 bits per heavy atom. The Labute approximate surface area is 177 Å². The van der Waals surface area contributed by atoms with Crippen LogP contribution < -0.4 is 5.32 Å². The summed E-state index contributed by atoms with van der Waals surface area (Å²) in [5.41, 5.74) is 0.981. The van der Waals surface area contributed by atoms with Gasteiger partial charge < -0.3 is 15.0 Å². The molecule has 0 aromatic heterocycles. The lowest BCUT2D eigenvalue weighted by molar-refractivity contribution is 0.0177. The Bertz CT molecular complexity index is 864. The maximum Gasteiger partial charge on any atom is 0.410 e. The van der Waals surface area contributed by atoms with Crippen LogP contribution in [0.5, 0.6) is 0 Å². The molecule has 1 saturated heterocycles. The first kappa shape index (κ1) is 21.2. The lowest BCUT2D eigenvalue weighted by Crippen LogP contribution is -2.52. The van der Waals surface area contributed by atoms with Crippen LogP contribution in [-0.2, 0) is 4.74 Å². The summed E-state index contributed by atoms with van der Waals surface area (Å²) in [7, 11) is 0. The van der Waals surface area contributed by atoms with Crippen molar-refractivity contribution < 1.29 is 14.3 Å². The number of benzene rings is 2. The maximum absolute atomic E-state index is 12.8. The van der Waals surface area contributed by atoms with Crippen molar-refractivity contribution in [2.24, 2.45) is 0 Å². The Morgan fingerprint density at radius 1 is 1.07 bits per heavy atom. The van der Waals surface area contributed by atoms with Gasteiger partial charge in [-0.05, 0) is 44.9 Å². The van der Waals surface area contributed by atoms with E-state index in [1.54, 1.807) is 29.2 Å². The molecule has 6 heteroatoms. The van der Waals surface area contributed by atoms with Gasteiger partial charge in [-0.25, -0.2) is 4.79 Å². The summed E-state index contributed by atoms with van der Waals surface area (Å²) in [5.74, 6) is -0.240. The average Bonchev–Trinajstić information content (AvgIpc) is 2.68. The zero-order valence-electron chi connectivity index (χ0n) is 17.0. The number of likely N-dealkylation sites (tertiary alicyclic amines) is 1. The molecule has 3 rings (SSSR count). The Hall–Kier alpha value is -2.53. The summed E-state index contributed by atoms with van der Waals surface area (Å²) in [6, 6.07) is 16.8. The van der Waals surface area contributed by atoms with Gasteiger partial charge >= 0.3 is 6.09 Å². The van der Waals surface area contributed by atoms with E-state index in [-0.39, 0.29) is 24.0 Å². The summed E-state index contributed by atoms with van der Waals surface area (Å²) in [5, 5.41) is 3.55. The van der Waals surface area contributed by atoms with Crippen molar-refractivity contribution in [3.05, 3.63) is 70.7 Å². The molecule has 0 spiro atoms. The van der Waals surface area contributed by atoms with Crippen LogP contribution in [0, 0.1) is 0 Å². The van der Waals surface area contributed by atoms with Crippen molar-refractivity contribution in [2.75, 3.05) is 13.1 Å². The second-order valence-electron chi connectivity index (χ2n) is 8.29. The summed E-state index contributed by atoms with van der Waals surface area (Å²) in [6.45, 7) is 6.57. The number of nitrogens with zero attached hydrogens (tertiary/aromatic N) is 1. The van der Waals surface area contributed by atoms with Gasteiger partial charge in [-0.3, -0.25) is 4.79 Å². The number of hydrogen-bond donors (Lipinski definition) is 1. The molecule has 1 heterocycles. The van der Waals surface area contributed by atoms with Gasteiger partial charge in [-0.2, -0.15) is 0 Å². The minimum absolute atomic E-state index is 0.0380. The third-order valence-electron chi connectivity index (χ3n) is 4.93. The SMILES string of the molecule is CC(C)(C)OC(=O)N1CC[C@H](NC(=O)c2ccccc2Cl)[C@@H](c2ccccc2)C1. The normalized spacial score (nSPS) is 19.5. The molecule has 1 aliphatic heterocycles. The van der Waals surface area contributed by atoms with E-state index in [9.17, 15) is 9.59 Å². The van der Waals surface area contributed by atoms with E-state index in [4.69, 9.17) is 16.3 Å². The highest BCUT2D eigenvalue weighted by Gasteiger charge is 2.35. The molecule has 1 aliphatic rings. The zero-order chi connectivity index (χ0) is 21.0. The molecule has 0 aliphatic carbocycles. The van der Waals surface area contributed by atoms with Crippen LogP contribution >= 0.6 is 11.6 Å². The van der Waals surface area contributed by atoms with E-state index < -0.39 is 5.60 Å². The van der Waals surface area contributed by atoms with Crippen LogP contribution in [0.4, 0.5) is 4.79 Å². The number of amides is 2. The lowest BCUT2D eigenvalue weighted by atomic mass is 9.86. The van der Waals surface area contributed by atoms with E-state index in [1.165, 1.54) is 0 Å². The molecule has 2 atom stereocenters. The van der Waals surface area contributed by atoms with Gasteiger partial charge in [-0.1, -0.05) is 54.1 Å². The lowest BCUT2D eigenvalue weighted by Gasteiger charge is -2.39. The molecule has 0 unspecified atom stereocenters. The minimum atomic E-state index is -0.547. The molecular weight excluding hydrogens is 388 g/mol. The standard InChI is InChI=1S/C23H27ClN2O3/c1-23(2,3)29-22(28)26-14-13-20(18(15-26)16-9-5-4-6-10-16)25-21(27)17-11-7-8-12-19(17)24/h4-12,18,20H,13-15H2,1-3H3,(H,25,27)/t18-,20+/m1/s1. The number of carbonyl (C=O) groups is 2. The second-order valence-corrected chi connectivity index (χ2v) is 8.70. The average molecular weight is 415 g/mol. The van der Waals surface area contributed by atoms with Crippen LogP contribution in [0.25, 0.3) is 0 Å². The largest absolute Gasteiger partial charge is 0.444 e. The summed E-state index contributed by atoms with van der Waals surface area (Å²) in [6.07, 6.45) is 0.309. The monoisotopic (exact) mass is 414 g/mol. The fourth-order valence-electron chi connectivity index (χ4n) is 3.55. The van der Waals surface area contributed by atoms with Crippen LogP contribution in [0.15, 0.2) is 54.6 Å². The topological polar surface area (TPSA) is 58.6 Å². The zero-order valence-corrected chi connectivity index (χ0v) is 17.8. The highest BCUT2D eigenvalue weighted by atomic mass is 35.5. The molecule has 154 valence electrons. The van der Waals surface area contributed by atoms with Crippen molar-refractivity contribution >= 4 is 23.6 Å². The molecule has 2 aromatic carbocycles. The summed E-state index contributed by atoms with van der Waals surface area (Å²) >= 11 is 6.19. The third-order valence-corrected chi connectivity index (χ3v) is 5.26. The number of hydrogen-bond acceptors (Lipinski definition) is 3. The molecule has 2 aromatic rings. The van der Waals surface area contributed by atoms with E-state index in [2.05, 4.69) is 5.32 Å². The van der Waals surface area contributed by atoms with Gasteiger partial charge in [0, 0.05) is 25.0 Å². The molecule has 29 heavy (non-hydrogen) atoms. The number of halogens is 1. The Morgan fingerprint density at radius 2 is 1.72 bits per heavy atom. The highest BCUT2D eigenvalue weighted by Crippen LogP contribution is 2.29. The molecule has 0 bridgehead atoms. The highest BCUT2D eigenvalue weighted by molar-refractivity contribution is 6.33. The number of rotatable bonds is 3. The molecule has 2 amide bonds. The van der Waals surface area contributed by atoms with Gasteiger partial charge in [0.2, 0.25) is 0 Å². The number of ether oxygens (including phenoxy) is 1. The number of piperidine rings is 1. The van der Waals surface area contributed by atoms with Crippen LogP contribution in [0.2, 0.25) is 5.02 Å². The smallest absolute Gasteiger partial charge is 0.410 e. The number of nitrogens with one attached hydrogen (secondary N) is 1. The fourth-order valence-corrected chi connectivity index (χ4v) is 3.77. The molecule has 0 saturated carbocycles. The van der Waals surface area contributed by atoms with Gasteiger partial charge in [0.15, 0.2) is 0 Å². The van der Waals surface area contributed by atoms with Crippen LogP contribution in [0.1, 0.15) is 49.0 Å². The van der Waals surface area contributed by atoms with Crippen molar-refractivity contribution in [3.63, 3.8) is 0 Å². The first-order chi connectivity index (χ1) is 13.7. The van der Waals surface area contributed by atoms with Gasteiger partial charge in [0.25, 0.3) is 5.91 Å². The van der Waals surface area contributed by atoms with E-state index in [1.807, 2.05) is 51.1 Å². The van der Waals surface area contributed by atoms with Gasteiger partial charge in [0.1, 0.15) is 5.60 Å². The maximum atomic E-state index is 12.8. The van der Waals surface area contributed by atoms with Crippen molar-refractivity contribution in [1.29, 1.82) is 0 Å². The summed E-state index contributed by atoms with van der Waals surface area (Å²) in [4.78, 5) is 27.1. The molecule has 5 nitrogen and oxygen atoms in total. The predicted molar refractivity (Wildman–Crippen MR) is 114 cm³/mol. The molecule has 1 fully saturated rings. The van der Waals surface area contributed by atoms with Gasteiger partial charge in [0.05, 0.1) is 10.6 Å².